The van der Waals surface area contributed by atoms with E-state index in [1.807, 2.05) is 76.7 Å². The smallest absolute Gasteiger partial charge is 0.410 e. The molecule has 0 bridgehead atoms. The average Bonchev–Trinajstić information content (AvgIpc) is 3.62. The summed E-state index contributed by atoms with van der Waals surface area (Å²) in [5, 5.41) is 1.71. The molecule has 6 heterocycles. The molecule has 4 aromatic rings. The molecule has 4 aromatic heterocycles. The van der Waals surface area contributed by atoms with Crippen molar-refractivity contribution in [2.75, 3.05) is 37.6 Å². The van der Waals surface area contributed by atoms with Gasteiger partial charge in [-0.1, -0.05) is 0 Å². The zero-order chi connectivity index (χ0) is 33.2. The number of hydrogen-bond acceptors (Lipinski definition) is 10. The molecule has 0 saturated carbocycles. The molecular formula is C32H44N10O4. The van der Waals surface area contributed by atoms with E-state index in [1.54, 1.807) is 9.80 Å². The van der Waals surface area contributed by atoms with Crippen LogP contribution in [0.5, 0.6) is 0 Å². The molecule has 0 radical (unpaired) electrons. The number of rotatable bonds is 2. The van der Waals surface area contributed by atoms with Crippen molar-refractivity contribution in [1.29, 1.82) is 0 Å². The summed E-state index contributed by atoms with van der Waals surface area (Å²) in [5.74, 6) is 0.973. The highest BCUT2D eigenvalue weighted by molar-refractivity contribution is 5.88. The molecule has 0 aromatic carbocycles. The van der Waals surface area contributed by atoms with Crippen LogP contribution in [0.3, 0.4) is 0 Å². The minimum absolute atomic E-state index is 0.236. The van der Waals surface area contributed by atoms with Gasteiger partial charge in [0.25, 0.3) is 0 Å². The summed E-state index contributed by atoms with van der Waals surface area (Å²) in [6, 6.07) is 4.16. The number of aromatic nitrogens is 6. The van der Waals surface area contributed by atoms with Crippen molar-refractivity contribution >= 4 is 51.6 Å². The molecule has 2 aliphatic heterocycles. The third-order valence-electron chi connectivity index (χ3n) is 7.71. The van der Waals surface area contributed by atoms with Crippen molar-refractivity contribution in [2.45, 2.75) is 78.0 Å². The van der Waals surface area contributed by atoms with Crippen molar-refractivity contribution < 1.29 is 19.1 Å². The van der Waals surface area contributed by atoms with Crippen LogP contribution in [0, 0.1) is 0 Å². The van der Waals surface area contributed by atoms with E-state index in [1.165, 1.54) is 12.7 Å². The van der Waals surface area contributed by atoms with Gasteiger partial charge < -0.3 is 39.9 Å². The topological polar surface area (TPSA) is 173 Å². The van der Waals surface area contributed by atoms with E-state index in [0.29, 0.717) is 43.9 Å². The molecular weight excluding hydrogens is 588 g/mol. The summed E-state index contributed by atoms with van der Waals surface area (Å²) < 4.78 is 15.0. The number of carbonyl (C=O) groups is 2. The van der Waals surface area contributed by atoms with Gasteiger partial charge in [-0.05, 0) is 72.6 Å². The molecule has 46 heavy (non-hydrogen) atoms. The Kier molecular flexibility index (Phi) is 9.08. The molecule has 1 fully saturated rings. The molecule has 0 unspecified atom stereocenters. The molecule has 0 spiro atoms. The van der Waals surface area contributed by atoms with Crippen molar-refractivity contribution in [3.05, 3.63) is 43.3 Å². The first-order valence-corrected chi connectivity index (χ1v) is 15.5. The predicted molar refractivity (Wildman–Crippen MR) is 177 cm³/mol. The maximum Gasteiger partial charge on any atom is 0.410 e. The van der Waals surface area contributed by atoms with E-state index in [-0.39, 0.29) is 12.2 Å². The van der Waals surface area contributed by atoms with Gasteiger partial charge in [0.1, 0.15) is 46.8 Å². The average molecular weight is 633 g/mol. The zero-order valence-electron chi connectivity index (χ0n) is 27.4. The number of nitrogens with two attached hydrogens (primary N) is 2. The first kappa shape index (κ1) is 32.5. The number of amides is 2. The summed E-state index contributed by atoms with van der Waals surface area (Å²) >= 11 is 0. The lowest BCUT2D eigenvalue weighted by Crippen LogP contribution is -2.42. The van der Waals surface area contributed by atoms with Gasteiger partial charge >= 0.3 is 12.2 Å². The lowest BCUT2D eigenvalue weighted by molar-refractivity contribution is 0.0188. The minimum atomic E-state index is -0.480. The lowest BCUT2D eigenvalue weighted by Gasteiger charge is -2.34. The Hall–Kier alpha value is -4.88. The van der Waals surface area contributed by atoms with E-state index in [9.17, 15) is 9.59 Å². The number of piperidine rings is 1. The van der Waals surface area contributed by atoms with Crippen LogP contribution in [0.2, 0.25) is 0 Å². The highest BCUT2D eigenvalue weighted by Gasteiger charge is 2.28. The van der Waals surface area contributed by atoms with Gasteiger partial charge in [-0.2, -0.15) is 0 Å². The van der Waals surface area contributed by atoms with Gasteiger partial charge in [0.2, 0.25) is 0 Å². The number of likely N-dealkylation sites (tertiary alicyclic amines) is 1. The van der Waals surface area contributed by atoms with Gasteiger partial charge in [0.15, 0.2) is 0 Å². The number of nitrogen functional groups attached to an aromatic ring is 2. The molecule has 2 aliphatic rings. The van der Waals surface area contributed by atoms with E-state index < -0.39 is 11.2 Å². The fourth-order valence-corrected chi connectivity index (χ4v) is 5.51. The first-order chi connectivity index (χ1) is 21.7. The Labute approximate surface area is 268 Å². The lowest BCUT2D eigenvalue weighted by atomic mass is 10.1. The van der Waals surface area contributed by atoms with Gasteiger partial charge in [-0.3, -0.25) is 0 Å². The molecule has 2 amide bonds. The van der Waals surface area contributed by atoms with Crippen LogP contribution < -0.4 is 11.5 Å². The first-order valence-electron chi connectivity index (χ1n) is 15.5. The highest BCUT2D eigenvalue weighted by Crippen LogP contribution is 2.29. The van der Waals surface area contributed by atoms with Crippen LogP contribution in [0.4, 0.5) is 21.2 Å². The third-order valence-corrected chi connectivity index (χ3v) is 7.71. The van der Waals surface area contributed by atoms with Crippen LogP contribution in [-0.4, -0.2) is 88.4 Å². The van der Waals surface area contributed by atoms with Gasteiger partial charge in [0.05, 0.1) is 10.8 Å². The maximum absolute atomic E-state index is 12.1. The molecule has 246 valence electrons. The highest BCUT2D eigenvalue weighted by atomic mass is 16.6. The summed E-state index contributed by atoms with van der Waals surface area (Å²) in [4.78, 5) is 44.4. The SMILES string of the molecule is CC(C)(C)OC(=O)N1CC=C(n2ccc3c(N)ncnc32)CC1.CC(C)(C)OC(=O)N1CCC(n2ccc3c(N)ncnc32)CC1. The number of fused-ring (bicyclic) bond motifs is 2. The third kappa shape index (κ3) is 7.49. The normalized spacial score (nSPS) is 16.2. The molecule has 0 aliphatic carbocycles. The van der Waals surface area contributed by atoms with E-state index in [2.05, 4.69) is 24.5 Å². The van der Waals surface area contributed by atoms with E-state index >= 15 is 0 Å². The van der Waals surface area contributed by atoms with Gasteiger partial charge in [-0.15, -0.1) is 0 Å². The molecule has 0 atom stereocenters. The van der Waals surface area contributed by atoms with Crippen molar-refractivity contribution in [1.82, 2.24) is 38.9 Å². The Morgan fingerprint density at radius 3 is 1.87 bits per heavy atom. The Morgan fingerprint density at radius 1 is 0.761 bits per heavy atom. The summed E-state index contributed by atoms with van der Waals surface area (Å²) in [5.41, 5.74) is 13.5. The Bertz CT molecular complexity index is 1740. The molecule has 14 nitrogen and oxygen atoms in total. The summed E-state index contributed by atoms with van der Waals surface area (Å²) in [6.07, 6.45) is 10.9. The van der Waals surface area contributed by atoms with Crippen LogP contribution in [0.15, 0.2) is 43.3 Å². The van der Waals surface area contributed by atoms with Crippen molar-refractivity contribution in [3.63, 3.8) is 0 Å². The van der Waals surface area contributed by atoms with Crippen LogP contribution in [0.25, 0.3) is 27.8 Å². The second kappa shape index (κ2) is 12.9. The minimum Gasteiger partial charge on any atom is -0.444 e. The fourth-order valence-electron chi connectivity index (χ4n) is 5.51. The maximum atomic E-state index is 12.1. The molecule has 6 rings (SSSR count). The number of ether oxygens (including phenoxy) is 2. The molecule has 4 N–H and O–H groups in total. The number of nitrogens with zero attached hydrogens (tertiary/aromatic N) is 8. The van der Waals surface area contributed by atoms with Crippen LogP contribution >= 0.6 is 0 Å². The van der Waals surface area contributed by atoms with E-state index in [0.717, 1.165) is 47.0 Å². The summed E-state index contributed by atoms with van der Waals surface area (Å²) in [7, 11) is 0. The number of anilines is 2. The predicted octanol–water partition coefficient (Wildman–Crippen LogP) is 5.08. The zero-order valence-corrected chi connectivity index (χ0v) is 27.4. The fraction of sp³-hybridized carbons (Fsp3) is 0.500. The van der Waals surface area contributed by atoms with Crippen molar-refractivity contribution in [2.24, 2.45) is 0 Å². The second-order valence-electron chi connectivity index (χ2n) is 13.5. The standard InChI is InChI=1S/C16H23N5O2.C16H21N5O2/c2*1-16(2,3)23-15(22)20-7-4-11(5-8-20)21-9-6-12-13(17)18-10-19-14(12)21/h6,9-11H,4-5,7-8H2,1-3H3,(H2,17,18,19);4,6,9-10H,5,7-8H2,1-3H3,(H2,17,18,19). The second-order valence-corrected chi connectivity index (χ2v) is 13.5. The van der Waals surface area contributed by atoms with Crippen LogP contribution in [-0.2, 0) is 9.47 Å². The van der Waals surface area contributed by atoms with Gasteiger partial charge in [-0.25, -0.2) is 29.5 Å². The summed E-state index contributed by atoms with van der Waals surface area (Å²) in [6.45, 7) is 13.7. The van der Waals surface area contributed by atoms with Crippen molar-refractivity contribution in [3.8, 4) is 0 Å². The van der Waals surface area contributed by atoms with Gasteiger partial charge in [0, 0.05) is 56.7 Å². The monoisotopic (exact) mass is 632 g/mol. The van der Waals surface area contributed by atoms with E-state index in [4.69, 9.17) is 20.9 Å². The largest absolute Gasteiger partial charge is 0.444 e. The van der Waals surface area contributed by atoms with Crippen LogP contribution in [0.1, 0.15) is 66.8 Å². The Morgan fingerprint density at radius 2 is 1.30 bits per heavy atom. The number of hydrogen-bond donors (Lipinski definition) is 2. The molecule has 1 saturated heterocycles. The number of carbonyl (C=O) groups excluding carboxylic acids is 2. The molecule has 14 heteroatoms. The quantitative estimate of drug-likeness (QED) is 0.303. The Balaban J connectivity index is 0.000000181.